The molecular formula is C14H16BrFN2O3. The predicted molar refractivity (Wildman–Crippen MR) is 78.7 cm³/mol. The van der Waals surface area contributed by atoms with Crippen molar-refractivity contribution in [2.75, 3.05) is 0 Å². The number of nitro groups is 1. The minimum atomic E-state index is -0.665. The first-order valence-corrected chi connectivity index (χ1v) is 7.79. The Morgan fingerprint density at radius 1 is 1.43 bits per heavy atom. The van der Waals surface area contributed by atoms with Crippen LogP contribution in [0.4, 0.5) is 10.1 Å². The number of hydrogen-bond donors (Lipinski definition) is 1. The molecule has 2 fully saturated rings. The van der Waals surface area contributed by atoms with E-state index in [0.29, 0.717) is 6.42 Å². The normalized spacial score (nSPS) is 26.6. The van der Waals surface area contributed by atoms with E-state index < -0.39 is 10.7 Å². The molecule has 0 radical (unpaired) electrons. The Balaban J connectivity index is 1.90. The molecule has 21 heavy (non-hydrogen) atoms. The SMILES string of the molecule is NC1CC(Oc2c(Br)cc(F)cc2[N+](=O)[O-])C12CCCC2. The summed E-state index contributed by atoms with van der Waals surface area (Å²) in [6, 6.07) is 2.16. The van der Waals surface area contributed by atoms with Crippen molar-refractivity contribution in [3.63, 3.8) is 0 Å². The fraction of sp³-hybridized carbons (Fsp3) is 0.571. The van der Waals surface area contributed by atoms with Crippen LogP contribution in [0, 0.1) is 21.3 Å². The lowest BCUT2D eigenvalue weighted by Crippen LogP contribution is -2.62. The van der Waals surface area contributed by atoms with E-state index >= 15 is 0 Å². The average Bonchev–Trinajstić information content (AvgIpc) is 2.92. The summed E-state index contributed by atoms with van der Waals surface area (Å²) in [5.74, 6) is -0.564. The molecule has 2 unspecified atom stereocenters. The number of ether oxygens (including phenoxy) is 1. The van der Waals surface area contributed by atoms with Gasteiger partial charge in [0, 0.05) is 17.9 Å². The first-order valence-electron chi connectivity index (χ1n) is 7.00. The summed E-state index contributed by atoms with van der Waals surface area (Å²) in [5, 5.41) is 11.1. The van der Waals surface area contributed by atoms with Crippen LogP contribution in [-0.2, 0) is 0 Å². The van der Waals surface area contributed by atoms with Gasteiger partial charge in [-0.1, -0.05) is 12.8 Å². The maximum Gasteiger partial charge on any atom is 0.315 e. The van der Waals surface area contributed by atoms with Gasteiger partial charge in [-0.3, -0.25) is 10.1 Å². The van der Waals surface area contributed by atoms with Gasteiger partial charge in [-0.15, -0.1) is 0 Å². The first kappa shape index (κ1) is 14.7. The van der Waals surface area contributed by atoms with Crippen molar-refractivity contribution in [1.82, 2.24) is 0 Å². The van der Waals surface area contributed by atoms with Gasteiger partial charge in [0.15, 0.2) is 0 Å². The van der Waals surface area contributed by atoms with E-state index in [2.05, 4.69) is 15.9 Å². The second-order valence-corrected chi connectivity index (χ2v) is 6.74. The van der Waals surface area contributed by atoms with Gasteiger partial charge in [0.25, 0.3) is 0 Å². The van der Waals surface area contributed by atoms with E-state index in [1.54, 1.807) is 0 Å². The van der Waals surface area contributed by atoms with Crippen LogP contribution in [0.15, 0.2) is 16.6 Å². The van der Waals surface area contributed by atoms with Crippen molar-refractivity contribution in [3.8, 4) is 5.75 Å². The second-order valence-electron chi connectivity index (χ2n) is 5.88. The molecule has 0 aromatic heterocycles. The third-order valence-electron chi connectivity index (χ3n) is 4.83. The molecule has 7 heteroatoms. The molecule has 1 aromatic carbocycles. The molecule has 1 spiro atoms. The molecular weight excluding hydrogens is 343 g/mol. The molecule has 0 bridgehead atoms. The Hall–Kier alpha value is -1.21. The number of rotatable bonds is 3. The lowest BCUT2D eigenvalue weighted by Gasteiger charge is -2.52. The Morgan fingerprint density at radius 2 is 2.10 bits per heavy atom. The number of hydrogen-bond acceptors (Lipinski definition) is 4. The van der Waals surface area contributed by atoms with Crippen LogP contribution in [0.25, 0.3) is 0 Å². The van der Waals surface area contributed by atoms with Crippen LogP contribution < -0.4 is 10.5 Å². The Labute approximate surface area is 129 Å². The predicted octanol–water partition coefficient (Wildman–Crippen LogP) is 3.54. The van der Waals surface area contributed by atoms with Crippen molar-refractivity contribution in [2.24, 2.45) is 11.1 Å². The van der Waals surface area contributed by atoms with E-state index in [1.807, 2.05) is 0 Å². The number of benzene rings is 1. The molecule has 0 aliphatic heterocycles. The van der Waals surface area contributed by atoms with Crippen LogP contribution in [0.3, 0.4) is 0 Å². The number of nitrogens with zero attached hydrogens (tertiary/aromatic N) is 1. The summed E-state index contributed by atoms with van der Waals surface area (Å²) >= 11 is 3.16. The average molecular weight is 359 g/mol. The van der Waals surface area contributed by atoms with Crippen LogP contribution >= 0.6 is 15.9 Å². The van der Waals surface area contributed by atoms with Crippen molar-refractivity contribution >= 4 is 21.6 Å². The van der Waals surface area contributed by atoms with Gasteiger partial charge in [-0.05, 0) is 34.8 Å². The summed E-state index contributed by atoms with van der Waals surface area (Å²) in [6.45, 7) is 0. The largest absolute Gasteiger partial charge is 0.482 e. The fourth-order valence-corrected chi connectivity index (χ4v) is 4.13. The van der Waals surface area contributed by atoms with Crippen molar-refractivity contribution in [1.29, 1.82) is 0 Å². The molecule has 2 atom stereocenters. The second kappa shape index (κ2) is 5.21. The van der Waals surface area contributed by atoms with Gasteiger partial charge < -0.3 is 10.5 Å². The van der Waals surface area contributed by atoms with Crippen LogP contribution in [0.1, 0.15) is 32.1 Å². The fourth-order valence-electron chi connectivity index (χ4n) is 3.61. The highest BCUT2D eigenvalue weighted by molar-refractivity contribution is 9.10. The molecule has 0 saturated heterocycles. The third-order valence-corrected chi connectivity index (χ3v) is 5.42. The van der Waals surface area contributed by atoms with Crippen LogP contribution in [0.5, 0.6) is 5.75 Å². The third kappa shape index (κ3) is 2.32. The van der Waals surface area contributed by atoms with Crippen LogP contribution in [0.2, 0.25) is 0 Å². The molecule has 2 saturated carbocycles. The zero-order valence-electron chi connectivity index (χ0n) is 11.4. The topological polar surface area (TPSA) is 78.4 Å². The van der Waals surface area contributed by atoms with Gasteiger partial charge in [0.1, 0.15) is 11.9 Å². The van der Waals surface area contributed by atoms with Crippen molar-refractivity contribution in [3.05, 3.63) is 32.5 Å². The molecule has 2 aliphatic carbocycles. The molecule has 5 nitrogen and oxygen atoms in total. The summed E-state index contributed by atoms with van der Waals surface area (Å²) in [7, 11) is 0. The zero-order valence-corrected chi connectivity index (χ0v) is 12.9. The molecule has 1 aromatic rings. The maximum absolute atomic E-state index is 13.3. The molecule has 2 N–H and O–H groups in total. The highest BCUT2D eigenvalue weighted by Crippen LogP contribution is 2.54. The molecule has 2 aliphatic rings. The first-order chi connectivity index (χ1) is 9.94. The summed E-state index contributed by atoms with van der Waals surface area (Å²) in [6.07, 6.45) is 4.76. The van der Waals surface area contributed by atoms with E-state index in [-0.39, 0.29) is 33.5 Å². The molecule has 3 rings (SSSR count). The molecule has 0 amide bonds. The number of nitrogens with two attached hydrogens (primary N) is 1. The summed E-state index contributed by atoms with van der Waals surface area (Å²) < 4.78 is 19.5. The van der Waals surface area contributed by atoms with Crippen LogP contribution in [-0.4, -0.2) is 17.1 Å². The Kier molecular flexibility index (Phi) is 3.65. The lowest BCUT2D eigenvalue weighted by molar-refractivity contribution is -0.386. The van der Waals surface area contributed by atoms with Crippen molar-refractivity contribution < 1.29 is 14.1 Å². The van der Waals surface area contributed by atoms with Gasteiger partial charge in [-0.2, -0.15) is 0 Å². The van der Waals surface area contributed by atoms with E-state index in [0.717, 1.165) is 31.7 Å². The van der Waals surface area contributed by atoms with E-state index in [1.165, 1.54) is 6.07 Å². The maximum atomic E-state index is 13.3. The summed E-state index contributed by atoms with van der Waals surface area (Å²) in [4.78, 5) is 10.5. The minimum Gasteiger partial charge on any atom is -0.482 e. The highest BCUT2D eigenvalue weighted by atomic mass is 79.9. The lowest BCUT2D eigenvalue weighted by atomic mass is 9.61. The van der Waals surface area contributed by atoms with Gasteiger partial charge in [0.05, 0.1) is 15.5 Å². The monoisotopic (exact) mass is 358 g/mol. The smallest absolute Gasteiger partial charge is 0.315 e. The quantitative estimate of drug-likeness (QED) is 0.662. The molecule has 114 valence electrons. The molecule has 0 heterocycles. The Bertz CT molecular complexity index is 590. The van der Waals surface area contributed by atoms with E-state index in [4.69, 9.17) is 10.5 Å². The van der Waals surface area contributed by atoms with Gasteiger partial charge in [-0.25, -0.2) is 4.39 Å². The number of nitro benzene ring substituents is 1. The van der Waals surface area contributed by atoms with Crippen molar-refractivity contribution in [2.45, 2.75) is 44.2 Å². The van der Waals surface area contributed by atoms with Gasteiger partial charge >= 0.3 is 5.69 Å². The van der Waals surface area contributed by atoms with Gasteiger partial charge in [0.2, 0.25) is 5.75 Å². The number of halogens is 2. The van der Waals surface area contributed by atoms with E-state index in [9.17, 15) is 14.5 Å². The summed E-state index contributed by atoms with van der Waals surface area (Å²) in [5.41, 5.74) is 5.72. The zero-order chi connectivity index (χ0) is 15.2. The standard InChI is InChI=1S/C14H16BrFN2O3/c15-9-5-8(16)6-10(18(19)20)13(9)21-12-7-11(17)14(12)3-1-2-4-14/h5-6,11-12H,1-4,7,17H2. The minimum absolute atomic E-state index is 0.0678. The highest BCUT2D eigenvalue weighted by Gasteiger charge is 2.56. The Morgan fingerprint density at radius 3 is 2.67 bits per heavy atom.